The fourth-order valence-corrected chi connectivity index (χ4v) is 7.76. The van der Waals surface area contributed by atoms with Crippen molar-refractivity contribution < 1.29 is 40.7 Å². The second-order valence-electron chi connectivity index (χ2n) is 11.8. The molecule has 3 aromatic rings. The number of carbonyl (C=O) groups is 2. The van der Waals surface area contributed by atoms with Crippen molar-refractivity contribution in [3.63, 3.8) is 0 Å². The monoisotopic (exact) mass is 668 g/mol. The number of sulfone groups is 1. The van der Waals surface area contributed by atoms with Gasteiger partial charge in [-0.1, -0.05) is 20.8 Å². The second-order valence-corrected chi connectivity index (χ2v) is 14.9. The summed E-state index contributed by atoms with van der Waals surface area (Å²) in [5, 5.41) is 1.99. The highest BCUT2D eigenvalue weighted by Crippen LogP contribution is 2.44. The van der Waals surface area contributed by atoms with Gasteiger partial charge in [0.15, 0.2) is 11.5 Å². The Kier molecular flexibility index (Phi) is 9.83. The molecule has 4 rings (SSSR count). The molecule has 0 aliphatic heterocycles. The topological polar surface area (TPSA) is 151 Å². The number of primary amides is 1. The van der Waals surface area contributed by atoms with E-state index < -0.39 is 44.4 Å². The van der Waals surface area contributed by atoms with Gasteiger partial charge in [-0.05, 0) is 66.8 Å². The fraction of sp³-hybridized carbons (Fsp3) is 0.467. The molecule has 15 heteroatoms. The van der Waals surface area contributed by atoms with Gasteiger partial charge in [-0.25, -0.2) is 18.4 Å². The Labute approximate surface area is 263 Å². The van der Waals surface area contributed by atoms with Crippen molar-refractivity contribution >= 4 is 38.0 Å². The second kappa shape index (κ2) is 12.9. The van der Waals surface area contributed by atoms with Crippen LogP contribution in [0.4, 0.5) is 18.2 Å². The van der Waals surface area contributed by atoms with Gasteiger partial charge in [0.25, 0.3) is 5.91 Å². The van der Waals surface area contributed by atoms with Crippen LogP contribution >= 0.6 is 11.3 Å². The Bertz CT molecular complexity index is 1720. The van der Waals surface area contributed by atoms with Crippen molar-refractivity contribution in [1.29, 1.82) is 0 Å². The Morgan fingerprint density at radius 2 is 1.78 bits per heavy atom. The molecule has 1 aromatic carbocycles. The molecule has 0 bridgehead atoms. The van der Waals surface area contributed by atoms with Gasteiger partial charge in [0.1, 0.15) is 10.7 Å². The van der Waals surface area contributed by atoms with E-state index in [-0.39, 0.29) is 40.8 Å². The minimum Gasteiger partial charge on any atom is -0.493 e. The number of benzene rings is 1. The Morgan fingerprint density at radius 1 is 1.09 bits per heavy atom. The number of nitrogens with one attached hydrogen (secondary N) is 1. The predicted molar refractivity (Wildman–Crippen MR) is 163 cm³/mol. The first kappa shape index (κ1) is 34.2. The maximum Gasteiger partial charge on any atom is 0.433 e. The number of halogens is 3. The van der Waals surface area contributed by atoms with Crippen molar-refractivity contribution in [3.8, 4) is 22.8 Å². The van der Waals surface area contributed by atoms with E-state index in [1.807, 2.05) is 0 Å². The molecule has 0 spiro atoms. The molecule has 1 atom stereocenters. The predicted octanol–water partition coefficient (Wildman–Crippen LogP) is 5.68. The van der Waals surface area contributed by atoms with E-state index in [0.717, 1.165) is 23.3 Å². The molecule has 1 aliphatic rings. The number of aromatic nitrogens is 2. The summed E-state index contributed by atoms with van der Waals surface area (Å²) in [4.78, 5) is 33.4. The minimum absolute atomic E-state index is 0.0646. The number of fused-ring (bicyclic) bond motifs is 1. The van der Waals surface area contributed by atoms with Gasteiger partial charge in [-0.15, -0.1) is 11.3 Å². The number of thiophene rings is 1. The van der Waals surface area contributed by atoms with Crippen molar-refractivity contribution in [2.75, 3.05) is 25.3 Å². The number of hydrogen-bond acceptors (Lipinski definition) is 9. The standard InChI is InChI=1S/C30H35F3N4O6S2/c1-29(2,3)17-9-10-18-22(14-17)44-27(25(18)26(34)39)37-24(38)7-6-12-45(40,41)28-35-19(15-23(36-28)30(31,32)33)16-8-11-20(42-4)21(13-16)43-5/h8,11,13,15,17H,6-7,9-10,12,14H2,1-5H3,(H2,34,39)(H,37,38). The smallest absolute Gasteiger partial charge is 0.433 e. The van der Waals surface area contributed by atoms with Crippen LogP contribution < -0.4 is 20.5 Å². The first-order valence-corrected chi connectivity index (χ1v) is 16.6. The average Bonchev–Trinajstić information content (AvgIpc) is 3.32. The molecule has 3 N–H and O–H groups in total. The van der Waals surface area contributed by atoms with Crippen molar-refractivity contribution in [2.24, 2.45) is 17.1 Å². The van der Waals surface area contributed by atoms with Crippen LogP contribution in [-0.2, 0) is 33.6 Å². The van der Waals surface area contributed by atoms with E-state index in [1.165, 1.54) is 43.8 Å². The van der Waals surface area contributed by atoms with E-state index in [0.29, 0.717) is 29.2 Å². The zero-order valence-corrected chi connectivity index (χ0v) is 27.1. The number of alkyl halides is 3. The molecule has 0 radical (unpaired) electrons. The molecular formula is C30H35F3N4O6S2. The highest BCUT2D eigenvalue weighted by Gasteiger charge is 2.36. The fourth-order valence-electron chi connectivity index (χ4n) is 5.23. The van der Waals surface area contributed by atoms with E-state index in [2.05, 4.69) is 36.1 Å². The number of carbonyl (C=O) groups excluding carboxylic acids is 2. The largest absolute Gasteiger partial charge is 0.493 e. The summed E-state index contributed by atoms with van der Waals surface area (Å²) in [5.74, 6) is -0.996. The third kappa shape index (κ3) is 7.75. The number of anilines is 1. The number of nitrogens with two attached hydrogens (primary N) is 1. The van der Waals surface area contributed by atoms with Gasteiger partial charge < -0.3 is 20.5 Å². The van der Waals surface area contributed by atoms with E-state index in [9.17, 15) is 31.2 Å². The lowest BCUT2D eigenvalue weighted by atomic mass is 9.72. The van der Waals surface area contributed by atoms with Crippen LogP contribution in [0.15, 0.2) is 29.4 Å². The first-order chi connectivity index (χ1) is 20.9. The van der Waals surface area contributed by atoms with Gasteiger partial charge in [-0.3, -0.25) is 9.59 Å². The van der Waals surface area contributed by atoms with E-state index in [4.69, 9.17) is 15.2 Å². The summed E-state index contributed by atoms with van der Waals surface area (Å²) >= 11 is 1.29. The maximum absolute atomic E-state index is 13.7. The molecule has 0 saturated heterocycles. The number of rotatable bonds is 10. The lowest BCUT2D eigenvalue weighted by Gasteiger charge is -2.33. The molecular weight excluding hydrogens is 633 g/mol. The zero-order chi connectivity index (χ0) is 33.3. The average molecular weight is 669 g/mol. The van der Waals surface area contributed by atoms with Crippen LogP contribution in [0, 0.1) is 11.3 Å². The van der Waals surface area contributed by atoms with Gasteiger partial charge in [0, 0.05) is 16.9 Å². The molecule has 0 fully saturated rings. The minimum atomic E-state index is -4.96. The van der Waals surface area contributed by atoms with Gasteiger partial charge in [0.05, 0.1) is 31.2 Å². The zero-order valence-electron chi connectivity index (χ0n) is 25.5. The Hall–Kier alpha value is -3.72. The summed E-state index contributed by atoms with van der Waals surface area (Å²) in [5.41, 5.74) is 5.24. The summed E-state index contributed by atoms with van der Waals surface area (Å²) in [6.45, 7) is 6.47. The van der Waals surface area contributed by atoms with Crippen LogP contribution in [0.5, 0.6) is 11.5 Å². The Morgan fingerprint density at radius 3 is 2.38 bits per heavy atom. The normalized spacial score (nSPS) is 15.3. The maximum atomic E-state index is 13.7. The van der Waals surface area contributed by atoms with E-state index in [1.54, 1.807) is 0 Å². The highest BCUT2D eigenvalue weighted by molar-refractivity contribution is 7.91. The van der Waals surface area contributed by atoms with Crippen LogP contribution in [0.1, 0.15) is 66.5 Å². The lowest BCUT2D eigenvalue weighted by Crippen LogP contribution is -2.27. The summed E-state index contributed by atoms with van der Waals surface area (Å²) in [6, 6.07) is 4.88. The molecule has 2 aromatic heterocycles. The van der Waals surface area contributed by atoms with E-state index >= 15 is 0 Å². The lowest BCUT2D eigenvalue weighted by molar-refractivity contribution is -0.141. The molecule has 0 saturated carbocycles. The third-order valence-electron chi connectivity index (χ3n) is 7.76. The Balaban J connectivity index is 1.51. The van der Waals surface area contributed by atoms with Crippen LogP contribution in [0.3, 0.4) is 0 Å². The van der Waals surface area contributed by atoms with Crippen molar-refractivity contribution in [3.05, 3.63) is 46.0 Å². The van der Waals surface area contributed by atoms with Crippen molar-refractivity contribution in [1.82, 2.24) is 9.97 Å². The third-order valence-corrected chi connectivity index (χ3v) is 10.5. The number of hydrogen-bond donors (Lipinski definition) is 2. The van der Waals surface area contributed by atoms with Crippen LogP contribution in [0.2, 0.25) is 0 Å². The highest BCUT2D eigenvalue weighted by atomic mass is 32.2. The molecule has 10 nitrogen and oxygen atoms in total. The van der Waals surface area contributed by atoms with Crippen LogP contribution in [0.25, 0.3) is 11.3 Å². The van der Waals surface area contributed by atoms with Gasteiger partial charge >= 0.3 is 6.18 Å². The number of nitrogens with zero attached hydrogens (tertiary/aromatic N) is 2. The number of ether oxygens (including phenoxy) is 2. The molecule has 244 valence electrons. The molecule has 1 aliphatic carbocycles. The van der Waals surface area contributed by atoms with Gasteiger partial charge in [0.2, 0.25) is 20.9 Å². The first-order valence-electron chi connectivity index (χ1n) is 14.1. The SMILES string of the molecule is COc1ccc(-c2cc(C(F)(F)F)nc(S(=O)(=O)CCCC(=O)Nc3sc4c(c3C(N)=O)CCC(C(C)(C)C)C4)n2)cc1OC. The molecule has 1 unspecified atom stereocenters. The van der Waals surface area contributed by atoms with Gasteiger partial charge in [-0.2, -0.15) is 13.2 Å². The molecule has 2 amide bonds. The number of methoxy groups -OCH3 is 2. The quantitative estimate of drug-likeness (QED) is 0.262. The van der Waals surface area contributed by atoms with Crippen LogP contribution in [-0.4, -0.2) is 50.2 Å². The number of amides is 2. The molecule has 45 heavy (non-hydrogen) atoms. The summed E-state index contributed by atoms with van der Waals surface area (Å²) in [7, 11) is -1.71. The summed E-state index contributed by atoms with van der Waals surface area (Å²) in [6.07, 6.45) is -3.19. The molecule has 2 heterocycles. The summed E-state index contributed by atoms with van der Waals surface area (Å²) < 4.78 is 77.8. The van der Waals surface area contributed by atoms with Crippen molar-refractivity contribution in [2.45, 2.75) is 64.2 Å².